The molecule has 0 saturated heterocycles. The molecule has 1 N–H and O–H groups in total. The molecule has 0 radical (unpaired) electrons. The third-order valence-corrected chi connectivity index (χ3v) is 5.04. The zero-order valence-electron chi connectivity index (χ0n) is 14.8. The summed E-state index contributed by atoms with van der Waals surface area (Å²) in [4.78, 5) is 12.4. The number of amides is 1. The van der Waals surface area contributed by atoms with E-state index in [0.717, 1.165) is 24.1 Å². The predicted molar refractivity (Wildman–Crippen MR) is 94.7 cm³/mol. The first-order valence-corrected chi connectivity index (χ1v) is 8.66. The van der Waals surface area contributed by atoms with Gasteiger partial charge >= 0.3 is 6.18 Å². The van der Waals surface area contributed by atoms with Crippen LogP contribution in [0.3, 0.4) is 0 Å². The van der Waals surface area contributed by atoms with Crippen molar-refractivity contribution in [1.82, 2.24) is 5.32 Å². The number of benzene rings is 2. The molecule has 0 aliphatic heterocycles. The second-order valence-electron chi connectivity index (χ2n) is 7.10. The number of carbonyl (C=O) groups is 1. The Labute approximate surface area is 155 Å². The molecule has 1 fully saturated rings. The molecular formula is C21H19F3N2O. The Morgan fingerprint density at radius 1 is 1.15 bits per heavy atom. The van der Waals surface area contributed by atoms with E-state index in [1.165, 1.54) is 19.1 Å². The molecule has 1 amide bonds. The van der Waals surface area contributed by atoms with Crippen LogP contribution in [0.2, 0.25) is 0 Å². The van der Waals surface area contributed by atoms with Gasteiger partial charge in [-0.1, -0.05) is 48.5 Å². The maximum atomic E-state index is 12.9. The topological polar surface area (TPSA) is 52.9 Å². The molecule has 6 heteroatoms. The zero-order valence-corrected chi connectivity index (χ0v) is 14.8. The fourth-order valence-corrected chi connectivity index (χ4v) is 3.19. The molecule has 3 atom stereocenters. The minimum Gasteiger partial charge on any atom is -0.354 e. The first kappa shape index (κ1) is 19.0. The first-order valence-electron chi connectivity index (χ1n) is 8.66. The summed E-state index contributed by atoms with van der Waals surface area (Å²) in [6.07, 6.45) is -3.74. The number of carbonyl (C=O) groups excluding carboxylic acids is 1. The molecular weight excluding hydrogens is 353 g/mol. The molecule has 0 bridgehead atoms. The summed E-state index contributed by atoms with van der Waals surface area (Å²) in [6, 6.07) is 16.4. The van der Waals surface area contributed by atoms with Crippen molar-refractivity contribution < 1.29 is 18.0 Å². The Kier molecular flexibility index (Phi) is 4.97. The summed E-state index contributed by atoms with van der Waals surface area (Å²) in [7, 11) is 0. The normalized spacial score (nSPS) is 21.0. The van der Waals surface area contributed by atoms with Crippen LogP contribution in [0.1, 0.15) is 36.0 Å². The van der Waals surface area contributed by atoms with E-state index in [2.05, 4.69) is 5.32 Å². The number of nitrogens with one attached hydrogen (secondary N) is 1. The van der Waals surface area contributed by atoms with Crippen molar-refractivity contribution in [2.24, 2.45) is 5.92 Å². The maximum Gasteiger partial charge on any atom is 0.416 e. The van der Waals surface area contributed by atoms with Crippen LogP contribution in [0, 0.1) is 17.2 Å². The summed E-state index contributed by atoms with van der Waals surface area (Å²) < 4.78 is 38.8. The number of halogens is 3. The molecule has 1 aliphatic rings. The van der Waals surface area contributed by atoms with Gasteiger partial charge in [0.15, 0.2) is 0 Å². The van der Waals surface area contributed by atoms with Crippen molar-refractivity contribution in [3.63, 3.8) is 0 Å². The average molecular weight is 372 g/mol. The standard InChI is InChI=1S/C21H19F3N2O/c1-20(12-25,15-8-5-9-16(10-15)21(22,23)24)13-26-19(27)18-11-17(18)14-6-3-2-4-7-14/h2-10,17-18H,11,13H2,1H3,(H,26,27)/t17-,18+,20?/m1/s1. The second kappa shape index (κ2) is 7.07. The van der Waals surface area contributed by atoms with Gasteiger partial charge in [0, 0.05) is 12.5 Å². The molecule has 1 unspecified atom stereocenters. The highest BCUT2D eigenvalue weighted by Crippen LogP contribution is 2.47. The molecule has 140 valence electrons. The fourth-order valence-electron chi connectivity index (χ4n) is 3.19. The van der Waals surface area contributed by atoms with Crippen LogP contribution in [0.4, 0.5) is 13.2 Å². The lowest BCUT2D eigenvalue weighted by molar-refractivity contribution is -0.137. The van der Waals surface area contributed by atoms with Crippen LogP contribution in [0.5, 0.6) is 0 Å². The molecule has 2 aromatic carbocycles. The van der Waals surface area contributed by atoms with Gasteiger partial charge in [0.25, 0.3) is 0 Å². The lowest BCUT2D eigenvalue weighted by Crippen LogP contribution is -2.38. The Morgan fingerprint density at radius 3 is 2.44 bits per heavy atom. The highest BCUT2D eigenvalue weighted by Gasteiger charge is 2.44. The largest absolute Gasteiger partial charge is 0.416 e. The maximum absolute atomic E-state index is 12.9. The van der Waals surface area contributed by atoms with Gasteiger partial charge in [0.1, 0.15) is 0 Å². The van der Waals surface area contributed by atoms with Gasteiger partial charge in [0.2, 0.25) is 5.91 Å². The molecule has 1 aliphatic carbocycles. The number of alkyl halides is 3. The van der Waals surface area contributed by atoms with E-state index in [4.69, 9.17) is 0 Å². The molecule has 0 heterocycles. The fraction of sp³-hybridized carbons (Fsp3) is 0.333. The van der Waals surface area contributed by atoms with Gasteiger partial charge < -0.3 is 5.32 Å². The van der Waals surface area contributed by atoms with Crippen LogP contribution >= 0.6 is 0 Å². The lowest BCUT2D eigenvalue weighted by atomic mass is 9.83. The van der Waals surface area contributed by atoms with Crippen molar-refractivity contribution in [3.05, 3.63) is 71.3 Å². The van der Waals surface area contributed by atoms with Crippen LogP contribution in [0.25, 0.3) is 0 Å². The van der Waals surface area contributed by atoms with Gasteiger partial charge in [0.05, 0.1) is 17.0 Å². The van der Waals surface area contributed by atoms with E-state index in [1.807, 2.05) is 36.4 Å². The summed E-state index contributed by atoms with van der Waals surface area (Å²) in [5, 5.41) is 12.3. The minimum absolute atomic E-state index is 0.0400. The number of rotatable bonds is 5. The molecule has 3 rings (SSSR count). The Morgan fingerprint density at radius 2 is 1.81 bits per heavy atom. The first-order chi connectivity index (χ1) is 12.7. The van der Waals surface area contributed by atoms with Gasteiger partial charge in [-0.3, -0.25) is 4.79 Å². The molecule has 2 aromatic rings. The van der Waals surface area contributed by atoms with Gasteiger partial charge in [-0.25, -0.2) is 0 Å². The van der Waals surface area contributed by atoms with Crippen molar-refractivity contribution in [3.8, 4) is 6.07 Å². The molecule has 0 spiro atoms. The van der Waals surface area contributed by atoms with E-state index in [-0.39, 0.29) is 29.9 Å². The SMILES string of the molecule is CC(C#N)(CNC(=O)[C@H]1C[C@@H]1c1ccccc1)c1cccc(C(F)(F)F)c1. The van der Waals surface area contributed by atoms with E-state index < -0.39 is 17.2 Å². The summed E-state index contributed by atoms with van der Waals surface area (Å²) in [6.45, 7) is 1.49. The van der Waals surface area contributed by atoms with Gasteiger partial charge in [-0.15, -0.1) is 0 Å². The molecule has 27 heavy (non-hydrogen) atoms. The minimum atomic E-state index is -4.48. The molecule has 1 saturated carbocycles. The Hall–Kier alpha value is -2.81. The smallest absolute Gasteiger partial charge is 0.354 e. The van der Waals surface area contributed by atoms with Crippen molar-refractivity contribution in [1.29, 1.82) is 5.26 Å². The third-order valence-electron chi connectivity index (χ3n) is 5.04. The van der Waals surface area contributed by atoms with Crippen molar-refractivity contribution in [2.75, 3.05) is 6.54 Å². The van der Waals surface area contributed by atoms with Gasteiger partial charge in [-0.05, 0) is 36.5 Å². The number of hydrogen-bond acceptors (Lipinski definition) is 2. The summed E-state index contributed by atoms with van der Waals surface area (Å²) >= 11 is 0. The Balaban J connectivity index is 1.67. The van der Waals surface area contributed by atoms with E-state index in [1.54, 1.807) is 0 Å². The summed E-state index contributed by atoms with van der Waals surface area (Å²) in [5.41, 5.74) is -0.720. The number of nitrogens with zero attached hydrogens (tertiary/aromatic N) is 1. The van der Waals surface area contributed by atoms with E-state index in [9.17, 15) is 23.2 Å². The van der Waals surface area contributed by atoms with E-state index in [0.29, 0.717) is 0 Å². The highest BCUT2D eigenvalue weighted by molar-refractivity contribution is 5.83. The molecule has 0 aromatic heterocycles. The Bertz CT molecular complexity index is 873. The molecule has 3 nitrogen and oxygen atoms in total. The van der Waals surface area contributed by atoms with Crippen molar-refractivity contribution >= 4 is 5.91 Å². The second-order valence-corrected chi connectivity index (χ2v) is 7.10. The zero-order chi connectivity index (χ0) is 19.7. The van der Waals surface area contributed by atoms with E-state index >= 15 is 0 Å². The number of hydrogen-bond donors (Lipinski definition) is 1. The average Bonchev–Trinajstić information content (AvgIpc) is 3.47. The monoisotopic (exact) mass is 372 g/mol. The highest BCUT2D eigenvalue weighted by atomic mass is 19.4. The lowest BCUT2D eigenvalue weighted by Gasteiger charge is -2.23. The van der Waals surface area contributed by atoms with Crippen molar-refractivity contribution in [2.45, 2.75) is 30.9 Å². The third kappa shape index (κ3) is 4.13. The van der Waals surface area contributed by atoms with Crippen LogP contribution in [-0.2, 0) is 16.4 Å². The van der Waals surface area contributed by atoms with Gasteiger partial charge in [-0.2, -0.15) is 18.4 Å². The quantitative estimate of drug-likeness (QED) is 0.845. The van der Waals surface area contributed by atoms with Crippen LogP contribution in [-0.4, -0.2) is 12.5 Å². The summed E-state index contributed by atoms with van der Waals surface area (Å²) in [5.74, 6) is -0.165. The van der Waals surface area contributed by atoms with Crippen LogP contribution < -0.4 is 5.32 Å². The van der Waals surface area contributed by atoms with Crippen LogP contribution in [0.15, 0.2) is 54.6 Å². The number of nitriles is 1. The predicted octanol–water partition coefficient (Wildman–Crippen LogP) is 4.41.